The number of hydrogen-bond acceptors (Lipinski definition) is 2. The molecule has 0 aliphatic heterocycles. The summed E-state index contributed by atoms with van der Waals surface area (Å²) in [5.41, 5.74) is 0. The lowest BCUT2D eigenvalue weighted by Gasteiger charge is -2.27. The van der Waals surface area contributed by atoms with Gasteiger partial charge in [-0.3, -0.25) is 4.79 Å². The van der Waals surface area contributed by atoms with Crippen molar-refractivity contribution < 1.29 is 9.90 Å². The number of aryl methyl sites for hydroxylation is 1. The summed E-state index contributed by atoms with van der Waals surface area (Å²) >= 11 is 0. The van der Waals surface area contributed by atoms with Crippen LogP contribution in [0, 0.1) is 5.92 Å². The van der Waals surface area contributed by atoms with Crippen LogP contribution in [0.2, 0.25) is 0 Å². The average Bonchev–Trinajstić information content (AvgIpc) is 2.64. The number of hydrogen-bond donors (Lipinski definition) is 1. The highest BCUT2D eigenvalue weighted by Gasteiger charge is 2.33. The third-order valence-corrected chi connectivity index (χ3v) is 3.27. The molecule has 2 atom stereocenters. The predicted molar refractivity (Wildman–Crippen MR) is 55.5 cm³/mol. The first-order chi connectivity index (χ1) is 7.20. The number of aliphatic carboxylic acids is 1. The van der Waals surface area contributed by atoms with Gasteiger partial charge in [0.2, 0.25) is 0 Å². The molecule has 1 aliphatic rings. The molecule has 0 radical (unpaired) electrons. The first-order valence-corrected chi connectivity index (χ1v) is 5.40. The second kappa shape index (κ2) is 4.04. The van der Waals surface area contributed by atoms with Gasteiger partial charge in [-0.1, -0.05) is 12.8 Å². The maximum atomic E-state index is 11.1. The Kier molecular flexibility index (Phi) is 2.75. The van der Waals surface area contributed by atoms with E-state index in [-0.39, 0.29) is 11.8 Å². The zero-order valence-corrected chi connectivity index (χ0v) is 8.89. The molecule has 1 aromatic heterocycles. The Hall–Kier alpha value is -1.32. The van der Waals surface area contributed by atoms with E-state index in [9.17, 15) is 4.79 Å². The number of carbonyl (C=O) groups is 1. The molecular formula is C11H16N2O2. The second-order valence-electron chi connectivity index (χ2n) is 4.23. The molecule has 1 N–H and O–H groups in total. The van der Waals surface area contributed by atoms with Crippen LogP contribution < -0.4 is 0 Å². The van der Waals surface area contributed by atoms with Gasteiger partial charge >= 0.3 is 5.97 Å². The molecule has 0 aromatic carbocycles. The van der Waals surface area contributed by atoms with Crippen molar-refractivity contribution in [1.82, 2.24) is 9.55 Å². The van der Waals surface area contributed by atoms with Gasteiger partial charge in [-0.2, -0.15) is 0 Å². The highest BCUT2D eigenvalue weighted by molar-refractivity contribution is 5.71. The molecule has 0 saturated heterocycles. The Morgan fingerprint density at radius 3 is 2.87 bits per heavy atom. The number of aromatic nitrogens is 2. The average molecular weight is 208 g/mol. The first-order valence-electron chi connectivity index (χ1n) is 5.40. The van der Waals surface area contributed by atoms with E-state index in [1.165, 1.54) is 0 Å². The van der Waals surface area contributed by atoms with Crippen LogP contribution in [0.25, 0.3) is 0 Å². The monoisotopic (exact) mass is 208 g/mol. The van der Waals surface area contributed by atoms with Gasteiger partial charge in [-0.05, 0) is 12.8 Å². The molecule has 82 valence electrons. The number of rotatable bonds is 2. The number of imidazole rings is 1. The van der Waals surface area contributed by atoms with Crippen LogP contribution >= 0.6 is 0 Å². The number of nitrogens with zero attached hydrogens (tertiary/aromatic N) is 2. The molecule has 1 saturated carbocycles. The minimum Gasteiger partial charge on any atom is -0.481 e. The second-order valence-corrected chi connectivity index (χ2v) is 4.23. The summed E-state index contributed by atoms with van der Waals surface area (Å²) in [5, 5.41) is 9.16. The maximum absolute atomic E-state index is 11.1. The van der Waals surface area contributed by atoms with Gasteiger partial charge in [-0.25, -0.2) is 4.98 Å². The zero-order valence-electron chi connectivity index (χ0n) is 8.89. The van der Waals surface area contributed by atoms with Gasteiger partial charge in [0.05, 0.1) is 5.92 Å². The van der Waals surface area contributed by atoms with Crippen LogP contribution in [0.3, 0.4) is 0 Å². The van der Waals surface area contributed by atoms with Crippen molar-refractivity contribution in [1.29, 1.82) is 0 Å². The van der Waals surface area contributed by atoms with Gasteiger partial charge in [0.1, 0.15) is 5.82 Å². The molecule has 1 heterocycles. The standard InChI is InChI=1S/C11H16N2O2/c1-13-7-6-12-10(13)8-4-2-3-5-9(8)11(14)15/h6-9H,2-5H2,1H3,(H,14,15)/t8-,9+/m1/s1. The van der Waals surface area contributed by atoms with Gasteiger partial charge in [0, 0.05) is 25.4 Å². The molecular weight excluding hydrogens is 192 g/mol. The predicted octanol–water partition coefficient (Wildman–Crippen LogP) is 1.78. The fourth-order valence-electron chi connectivity index (χ4n) is 2.47. The molecule has 4 heteroatoms. The molecule has 0 unspecified atom stereocenters. The van der Waals surface area contributed by atoms with Crippen LogP contribution in [0.5, 0.6) is 0 Å². The summed E-state index contributed by atoms with van der Waals surface area (Å²) in [6.07, 6.45) is 7.49. The molecule has 1 aromatic rings. The highest BCUT2D eigenvalue weighted by atomic mass is 16.4. The van der Waals surface area contributed by atoms with E-state index in [1.54, 1.807) is 6.20 Å². The Labute approximate surface area is 88.9 Å². The quantitative estimate of drug-likeness (QED) is 0.806. The Morgan fingerprint density at radius 1 is 1.53 bits per heavy atom. The molecule has 4 nitrogen and oxygen atoms in total. The molecule has 15 heavy (non-hydrogen) atoms. The summed E-state index contributed by atoms with van der Waals surface area (Å²) in [6.45, 7) is 0. The van der Waals surface area contributed by atoms with Gasteiger partial charge in [-0.15, -0.1) is 0 Å². The van der Waals surface area contributed by atoms with Crippen LogP contribution in [0.4, 0.5) is 0 Å². The van der Waals surface area contributed by atoms with Crippen LogP contribution in [-0.2, 0) is 11.8 Å². The molecule has 1 aliphatic carbocycles. The van der Waals surface area contributed by atoms with Crippen molar-refractivity contribution in [2.75, 3.05) is 0 Å². The summed E-state index contributed by atoms with van der Waals surface area (Å²) in [7, 11) is 1.93. The third kappa shape index (κ3) is 1.89. The molecule has 0 spiro atoms. The fourth-order valence-corrected chi connectivity index (χ4v) is 2.47. The SMILES string of the molecule is Cn1ccnc1[C@@H]1CCCC[C@@H]1C(=O)O. The lowest BCUT2D eigenvalue weighted by molar-refractivity contribution is -0.143. The number of carboxylic acids is 1. The van der Waals surface area contributed by atoms with Gasteiger partial charge < -0.3 is 9.67 Å². The lowest BCUT2D eigenvalue weighted by Crippen LogP contribution is -2.27. The van der Waals surface area contributed by atoms with Crippen LogP contribution in [0.15, 0.2) is 12.4 Å². The van der Waals surface area contributed by atoms with E-state index in [2.05, 4.69) is 4.98 Å². The molecule has 1 fully saturated rings. The van der Waals surface area contributed by atoms with Gasteiger partial charge in [0.15, 0.2) is 0 Å². The minimum absolute atomic E-state index is 0.0937. The lowest BCUT2D eigenvalue weighted by atomic mass is 9.79. The molecule has 0 bridgehead atoms. The Morgan fingerprint density at radius 2 is 2.27 bits per heavy atom. The minimum atomic E-state index is -0.678. The smallest absolute Gasteiger partial charge is 0.307 e. The molecule has 2 rings (SSSR count). The van der Waals surface area contributed by atoms with Crippen molar-refractivity contribution in [3.8, 4) is 0 Å². The van der Waals surface area contributed by atoms with Crippen LogP contribution in [-0.4, -0.2) is 20.6 Å². The van der Waals surface area contributed by atoms with Crippen molar-refractivity contribution in [2.45, 2.75) is 31.6 Å². The van der Waals surface area contributed by atoms with E-state index in [4.69, 9.17) is 5.11 Å². The Balaban J connectivity index is 2.25. The van der Waals surface area contributed by atoms with Crippen molar-refractivity contribution in [2.24, 2.45) is 13.0 Å². The van der Waals surface area contributed by atoms with Crippen molar-refractivity contribution in [3.05, 3.63) is 18.2 Å². The van der Waals surface area contributed by atoms with Crippen LogP contribution in [0.1, 0.15) is 37.4 Å². The van der Waals surface area contributed by atoms with E-state index in [0.717, 1.165) is 31.5 Å². The van der Waals surface area contributed by atoms with Crippen molar-refractivity contribution in [3.63, 3.8) is 0 Å². The molecule has 0 amide bonds. The van der Waals surface area contributed by atoms with Crippen molar-refractivity contribution >= 4 is 5.97 Å². The number of carboxylic acid groups (broad SMARTS) is 1. The fraction of sp³-hybridized carbons (Fsp3) is 0.636. The highest BCUT2D eigenvalue weighted by Crippen LogP contribution is 2.36. The maximum Gasteiger partial charge on any atom is 0.307 e. The summed E-state index contributed by atoms with van der Waals surface area (Å²) in [6, 6.07) is 0. The van der Waals surface area contributed by atoms with Gasteiger partial charge in [0.25, 0.3) is 0 Å². The van der Waals surface area contributed by atoms with E-state index >= 15 is 0 Å². The largest absolute Gasteiger partial charge is 0.481 e. The summed E-state index contributed by atoms with van der Waals surface area (Å²) in [4.78, 5) is 15.4. The Bertz CT molecular complexity index is 359. The van der Waals surface area contributed by atoms with E-state index < -0.39 is 5.97 Å². The third-order valence-electron chi connectivity index (χ3n) is 3.27. The summed E-state index contributed by atoms with van der Waals surface area (Å²) in [5.74, 6) is 0.0842. The van der Waals surface area contributed by atoms with E-state index in [1.807, 2.05) is 17.8 Å². The topological polar surface area (TPSA) is 55.1 Å². The summed E-state index contributed by atoms with van der Waals surface area (Å²) < 4.78 is 1.94. The normalized spacial score (nSPS) is 26.5. The zero-order chi connectivity index (χ0) is 10.8. The van der Waals surface area contributed by atoms with E-state index in [0.29, 0.717) is 0 Å². The first kappa shape index (κ1) is 10.2.